The summed E-state index contributed by atoms with van der Waals surface area (Å²) in [5, 5.41) is 6.07. The van der Waals surface area contributed by atoms with Crippen LogP contribution in [0.25, 0.3) is 0 Å². The third-order valence-electron chi connectivity index (χ3n) is 3.03. The molecule has 2 N–H and O–H groups in total. The lowest BCUT2D eigenvalue weighted by molar-refractivity contribution is 0.0950. The molecule has 6 heteroatoms. The lowest BCUT2D eigenvalue weighted by Gasteiger charge is -2.08. The molecule has 0 fully saturated rings. The monoisotopic (exact) mass is 300 g/mol. The Morgan fingerprint density at radius 3 is 2.95 bits per heavy atom. The first-order valence-corrected chi connectivity index (χ1v) is 7.14. The summed E-state index contributed by atoms with van der Waals surface area (Å²) in [4.78, 5) is 20.2. The summed E-state index contributed by atoms with van der Waals surface area (Å²) in [5.41, 5.74) is 2.31. The second-order valence-electron chi connectivity index (χ2n) is 4.78. The van der Waals surface area contributed by atoms with Crippen molar-refractivity contribution in [3.63, 3.8) is 0 Å². The van der Waals surface area contributed by atoms with E-state index in [2.05, 4.69) is 20.6 Å². The van der Waals surface area contributed by atoms with Gasteiger partial charge < -0.3 is 15.4 Å². The highest BCUT2D eigenvalue weighted by atomic mass is 16.5. The maximum absolute atomic E-state index is 12.1. The molecule has 0 unspecified atom stereocenters. The minimum atomic E-state index is -0.156. The zero-order valence-electron chi connectivity index (χ0n) is 12.6. The van der Waals surface area contributed by atoms with Gasteiger partial charge in [0, 0.05) is 51.6 Å². The highest BCUT2D eigenvalue weighted by Gasteiger charge is 2.06. The van der Waals surface area contributed by atoms with Crippen LogP contribution in [0.5, 0.6) is 0 Å². The average molecular weight is 300 g/mol. The smallest absolute Gasteiger partial charge is 0.253 e. The first-order valence-electron chi connectivity index (χ1n) is 7.14. The summed E-state index contributed by atoms with van der Waals surface area (Å²) in [6, 6.07) is 5.55. The molecule has 0 radical (unpaired) electrons. The van der Waals surface area contributed by atoms with Crippen LogP contribution in [0.4, 0.5) is 5.69 Å². The van der Waals surface area contributed by atoms with Crippen molar-refractivity contribution in [1.29, 1.82) is 0 Å². The number of hydrogen-bond donors (Lipinski definition) is 2. The molecule has 0 aliphatic carbocycles. The molecule has 0 saturated carbocycles. The fourth-order valence-corrected chi connectivity index (χ4v) is 1.90. The number of aromatic nitrogens is 2. The topological polar surface area (TPSA) is 76.1 Å². The van der Waals surface area contributed by atoms with Crippen molar-refractivity contribution in [1.82, 2.24) is 15.3 Å². The number of amides is 1. The molecule has 2 heterocycles. The summed E-state index contributed by atoms with van der Waals surface area (Å²) >= 11 is 0. The van der Waals surface area contributed by atoms with Crippen LogP contribution in [0, 0.1) is 0 Å². The highest BCUT2D eigenvalue weighted by molar-refractivity contribution is 5.94. The van der Waals surface area contributed by atoms with Crippen LogP contribution < -0.4 is 10.6 Å². The van der Waals surface area contributed by atoms with Gasteiger partial charge in [0.05, 0.1) is 11.3 Å². The van der Waals surface area contributed by atoms with E-state index in [1.165, 1.54) is 0 Å². The number of nitrogens with one attached hydrogen (secondary N) is 2. The molecular formula is C16H20N4O2. The molecule has 22 heavy (non-hydrogen) atoms. The quantitative estimate of drug-likeness (QED) is 0.728. The number of nitrogens with zero attached hydrogens (tertiary/aromatic N) is 2. The van der Waals surface area contributed by atoms with Crippen molar-refractivity contribution in [2.45, 2.75) is 13.0 Å². The Kier molecular flexibility index (Phi) is 6.32. The van der Waals surface area contributed by atoms with E-state index in [0.29, 0.717) is 18.7 Å². The summed E-state index contributed by atoms with van der Waals surface area (Å²) in [6.45, 7) is 1.92. The number of rotatable bonds is 8. The Labute approximate surface area is 129 Å². The van der Waals surface area contributed by atoms with Gasteiger partial charge in [-0.1, -0.05) is 6.07 Å². The van der Waals surface area contributed by atoms with Gasteiger partial charge in [0.2, 0.25) is 0 Å². The highest BCUT2D eigenvalue weighted by Crippen LogP contribution is 2.08. The molecule has 2 aromatic heterocycles. The van der Waals surface area contributed by atoms with Gasteiger partial charge in [0.25, 0.3) is 5.91 Å². The average Bonchev–Trinajstić information content (AvgIpc) is 2.58. The van der Waals surface area contributed by atoms with E-state index < -0.39 is 0 Å². The lowest BCUT2D eigenvalue weighted by atomic mass is 10.2. The Morgan fingerprint density at radius 1 is 1.27 bits per heavy atom. The van der Waals surface area contributed by atoms with Gasteiger partial charge in [-0.25, -0.2) is 0 Å². The van der Waals surface area contributed by atoms with Crippen molar-refractivity contribution in [2.24, 2.45) is 0 Å². The molecule has 0 aliphatic heterocycles. The van der Waals surface area contributed by atoms with Gasteiger partial charge in [0.15, 0.2) is 0 Å². The molecule has 0 atom stereocenters. The minimum Gasteiger partial charge on any atom is -0.385 e. The van der Waals surface area contributed by atoms with Crippen LogP contribution in [0.2, 0.25) is 0 Å². The standard InChI is InChI=1S/C16H20N4O2/c1-22-7-3-6-19-15-8-14(11-18-12-15)16(21)20-10-13-4-2-5-17-9-13/h2,4-5,8-9,11-12,19H,3,6-7,10H2,1H3,(H,20,21). The molecule has 0 bridgehead atoms. The van der Waals surface area contributed by atoms with E-state index in [1.807, 2.05) is 12.1 Å². The number of pyridine rings is 2. The van der Waals surface area contributed by atoms with Gasteiger partial charge in [-0.2, -0.15) is 0 Å². The first kappa shape index (κ1) is 15.9. The molecule has 1 amide bonds. The van der Waals surface area contributed by atoms with Crippen LogP contribution in [0.1, 0.15) is 22.3 Å². The first-order chi connectivity index (χ1) is 10.8. The summed E-state index contributed by atoms with van der Waals surface area (Å²) in [6.07, 6.45) is 7.58. The molecule has 0 aliphatic rings. The Balaban J connectivity index is 1.86. The third-order valence-corrected chi connectivity index (χ3v) is 3.03. The Hall–Kier alpha value is -2.47. The molecular weight excluding hydrogens is 280 g/mol. The van der Waals surface area contributed by atoms with Gasteiger partial charge in [-0.15, -0.1) is 0 Å². The van der Waals surface area contributed by atoms with Crippen molar-refractivity contribution in [3.05, 3.63) is 54.1 Å². The normalized spacial score (nSPS) is 10.2. The van der Waals surface area contributed by atoms with Crippen LogP contribution in [-0.2, 0) is 11.3 Å². The number of hydrogen-bond acceptors (Lipinski definition) is 5. The SMILES string of the molecule is COCCCNc1cncc(C(=O)NCc2cccnc2)c1. The molecule has 2 rings (SSSR count). The van der Waals surface area contributed by atoms with Crippen LogP contribution in [0.3, 0.4) is 0 Å². The second kappa shape index (κ2) is 8.74. The summed E-state index contributed by atoms with van der Waals surface area (Å²) < 4.78 is 4.99. The number of ether oxygens (including phenoxy) is 1. The predicted octanol–water partition coefficient (Wildman–Crippen LogP) is 1.85. The van der Waals surface area contributed by atoms with Crippen molar-refractivity contribution in [3.8, 4) is 0 Å². The van der Waals surface area contributed by atoms with Crippen molar-refractivity contribution >= 4 is 11.6 Å². The number of methoxy groups -OCH3 is 1. The van der Waals surface area contributed by atoms with Crippen molar-refractivity contribution in [2.75, 3.05) is 25.6 Å². The maximum Gasteiger partial charge on any atom is 0.253 e. The number of carbonyl (C=O) groups excluding carboxylic acids is 1. The van der Waals surface area contributed by atoms with E-state index >= 15 is 0 Å². The molecule has 0 aromatic carbocycles. The Morgan fingerprint density at radius 2 is 2.18 bits per heavy atom. The molecule has 2 aromatic rings. The maximum atomic E-state index is 12.1. The van der Waals surface area contributed by atoms with E-state index in [0.717, 1.165) is 24.2 Å². The number of anilines is 1. The van der Waals surface area contributed by atoms with E-state index in [4.69, 9.17) is 4.74 Å². The third kappa shape index (κ3) is 5.14. The largest absolute Gasteiger partial charge is 0.385 e. The summed E-state index contributed by atoms with van der Waals surface area (Å²) in [5.74, 6) is -0.156. The van der Waals surface area contributed by atoms with Gasteiger partial charge in [-0.05, 0) is 24.1 Å². The fraction of sp³-hybridized carbons (Fsp3) is 0.312. The van der Waals surface area contributed by atoms with Gasteiger partial charge in [0.1, 0.15) is 0 Å². The number of carbonyl (C=O) groups is 1. The molecule has 116 valence electrons. The fourth-order valence-electron chi connectivity index (χ4n) is 1.90. The zero-order chi connectivity index (χ0) is 15.6. The second-order valence-corrected chi connectivity index (χ2v) is 4.78. The minimum absolute atomic E-state index is 0.156. The van der Waals surface area contributed by atoms with Crippen LogP contribution in [0.15, 0.2) is 43.0 Å². The predicted molar refractivity (Wildman–Crippen MR) is 84.6 cm³/mol. The molecule has 0 spiro atoms. The van der Waals surface area contributed by atoms with E-state index in [1.54, 1.807) is 38.0 Å². The van der Waals surface area contributed by atoms with Gasteiger partial charge in [-0.3, -0.25) is 14.8 Å². The van der Waals surface area contributed by atoms with E-state index in [-0.39, 0.29) is 5.91 Å². The van der Waals surface area contributed by atoms with Crippen molar-refractivity contribution < 1.29 is 9.53 Å². The Bertz CT molecular complexity index is 590. The summed E-state index contributed by atoms with van der Waals surface area (Å²) in [7, 11) is 1.68. The van der Waals surface area contributed by atoms with Gasteiger partial charge >= 0.3 is 0 Å². The zero-order valence-corrected chi connectivity index (χ0v) is 12.6. The molecule has 0 saturated heterocycles. The lowest BCUT2D eigenvalue weighted by Crippen LogP contribution is -2.23. The molecule has 6 nitrogen and oxygen atoms in total. The van der Waals surface area contributed by atoms with Crippen LogP contribution >= 0.6 is 0 Å². The van der Waals surface area contributed by atoms with E-state index in [9.17, 15) is 4.79 Å². The van der Waals surface area contributed by atoms with Crippen LogP contribution in [-0.4, -0.2) is 36.1 Å².